The average Bonchev–Trinajstić information content (AvgIpc) is 3.06. The van der Waals surface area contributed by atoms with Crippen LogP contribution in [0.2, 0.25) is 0 Å². The van der Waals surface area contributed by atoms with Crippen molar-refractivity contribution in [2.24, 2.45) is 0 Å². The summed E-state index contributed by atoms with van der Waals surface area (Å²) in [6.07, 6.45) is 9.45. The standard InChI is InChI=1S/C18H32N4O2/c23-17(19-9-5-1-2-6-10-19)21-13-15-22(16-14-21)18(24)20-11-7-3-4-8-12-20/h1-16H2. The van der Waals surface area contributed by atoms with Crippen molar-refractivity contribution < 1.29 is 9.59 Å². The van der Waals surface area contributed by atoms with Gasteiger partial charge in [-0.15, -0.1) is 0 Å². The molecule has 3 aliphatic heterocycles. The molecule has 0 aromatic carbocycles. The van der Waals surface area contributed by atoms with Crippen LogP contribution in [0, 0.1) is 0 Å². The highest BCUT2D eigenvalue weighted by molar-refractivity contribution is 5.77. The first-order chi connectivity index (χ1) is 11.8. The number of amides is 4. The van der Waals surface area contributed by atoms with Gasteiger partial charge in [-0.3, -0.25) is 0 Å². The summed E-state index contributed by atoms with van der Waals surface area (Å²) in [6, 6.07) is 0.359. The van der Waals surface area contributed by atoms with Crippen LogP contribution in [-0.4, -0.2) is 84.0 Å². The Morgan fingerprint density at radius 1 is 0.375 bits per heavy atom. The van der Waals surface area contributed by atoms with Crippen molar-refractivity contribution >= 4 is 12.1 Å². The van der Waals surface area contributed by atoms with Crippen molar-refractivity contribution in [3.63, 3.8) is 0 Å². The quantitative estimate of drug-likeness (QED) is 0.683. The normalized spacial score (nSPS) is 23.7. The van der Waals surface area contributed by atoms with E-state index in [-0.39, 0.29) is 12.1 Å². The third kappa shape index (κ3) is 4.33. The fourth-order valence-corrected chi connectivity index (χ4v) is 4.01. The largest absolute Gasteiger partial charge is 0.325 e. The van der Waals surface area contributed by atoms with Gasteiger partial charge in [-0.2, -0.15) is 0 Å². The predicted molar refractivity (Wildman–Crippen MR) is 94.0 cm³/mol. The van der Waals surface area contributed by atoms with E-state index in [1.807, 2.05) is 19.6 Å². The summed E-state index contributed by atoms with van der Waals surface area (Å²) in [4.78, 5) is 33.2. The Balaban J connectivity index is 1.47. The lowest BCUT2D eigenvalue weighted by Gasteiger charge is -2.39. The van der Waals surface area contributed by atoms with Gasteiger partial charge in [0.05, 0.1) is 0 Å². The molecule has 3 rings (SSSR count). The number of nitrogens with zero attached hydrogens (tertiary/aromatic N) is 4. The molecule has 0 atom stereocenters. The number of likely N-dealkylation sites (tertiary alicyclic amines) is 2. The number of hydrogen-bond acceptors (Lipinski definition) is 2. The Labute approximate surface area is 145 Å². The van der Waals surface area contributed by atoms with Crippen LogP contribution in [0.5, 0.6) is 0 Å². The van der Waals surface area contributed by atoms with Crippen LogP contribution in [0.25, 0.3) is 0 Å². The van der Waals surface area contributed by atoms with E-state index >= 15 is 0 Å². The first-order valence-corrected chi connectivity index (χ1v) is 9.83. The van der Waals surface area contributed by atoms with Crippen molar-refractivity contribution in [1.29, 1.82) is 0 Å². The van der Waals surface area contributed by atoms with Crippen LogP contribution in [0.15, 0.2) is 0 Å². The molecule has 3 saturated heterocycles. The molecule has 0 bridgehead atoms. The molecule has 0 aromatic rings. The first kappa shape index (κ1) is 17.4. The number of piperazine rings is 1. The molecule has 0 spiro atoms. The minimum Gasteiger partial charge on any atom is -0.325 e. The maximum Gasteiger partial charge on any atom is 0.320 e. The van der Waals surface area contributed by atoms with Crippen molar-refractivity contribution in [3.05, 3.63) is 0 Å². The van der Waals surface area contributed by atoms with E-state index in [2.05, 4.69) is 0 Å². The van der Waals surface area contributed by atoms with Gasteiger partial charge in [0.1, 0.15) is 0 Å². The van der Waals surface area contributed by atoms with Crippen molar-refractivity contribution in [2.75, 3.05) is 52.4 Å². The van der Waals surface area contributed by atoms with Gasteiger partial charge in [0, 0.05) is 52.4 Å². The Morgan fingerprint density at radius 2 is 0.625 bits per heavy atom. The molecule has 3 aliphatic rings. The molecule has 0 unspecified atom stereocenters. The number of rotatable bonds is 0. The van der Waals surface area contributed by atoms with Gasteiger partial charge in [-0.05, 0) is 25.7 Å². The molecule has 136 valence electrons. The summed E-state index contributed by atoms with van der Waals surface area (Å²) < 4.78 is 0. The number of carbonyl (C=O) groups excluding carboxylic acids is 2. The van der Waals surface area contributed by atoms with Crippen LogP contribution < -0.4 is 0 Å². The topological polar surface area (TPSA) is 47.1 Å². The Kier molecular flexibility index (Phi) is 6.21. The van der Waals surface area contributed by atoms with Crippen LogP contribution in [-0.2, 0) is 0 Å². The van der Waals surface area contributed by atoms with E-state index < -0.39 is 0 Å². The smallest absolute Gasteiger partial charge is 0.320 e. The monoisotopic (exact) mass is 336 g/mol. The van der Waals surface area contributed by atoms with Crippen molar-refractivity contribution in [3.8, 4) is 0 Å². The Morgan fingerprint density at radius 3 is 0.917 bits per heavy atom. The van der Waals surface area contributed by atoms with E-state index in [4.69, 9.17) is 0 Å². The minimum absolute atomic E-state index is 0.179. The SMILES string of the molecule is O=C(N1CCCCCC1)N1CCN(C(=O)N2CCCCCC2)CC1. The zero-order valence-corrected chi connectivity index (χ0v) is 14.9. The molecule has 0 saturated carbocycles. The van der Waals surface area contributed by atoms with Crippen molar-refractivity contribution in [2.45, 2.75) is 51.4 Å². The molecular formula is C18H32N4O2. The molecule has 3 heterocycles. The fraction of sp³-hybridized carbons (Fsp3) is 0.889. The van der Waals surface area contributed by atoms with Gasteiger partial charge in [-0.1, -0.05) is 25.7 Å². The lowest BCUT2D eigenvalue weighted by molar-refractivity contribution is 0.105. The summed E-state index contributed by atoms with van der Waals surface area (Å²) >= 11 is 0. The van der Waals surface area contributed by atoms with E-state index in [0.717, 1.165) is 51.9 Å². The van der Waals surface area contributed by atoms with Gasteiger partial charge in [0.15, 0.2) is 0 Å². The molecule has 0 radical (unpaired) electrons. The third-order valence-corrected chi connectivity index (χ3v) is 5.57. The highest BCUT2D eigenvalue weighted by Gasteiger charge is 2.29. The lowest BCUT2D eigenvalue weighted by atomic mass is 10.2. The molecule has 4 amide bonds. The molecule has 6 heteroatoms. The number of carbonyl (C=O) groups is 2. The van der Waals surface area contributed by atoms with E-state index in [1.165, 1.54) is 25.7 Å². The highest BCUT2D eigenvalue weighted by Crippen LogP contribution is 2.15. The van der Waals surface area contributed by atoms with E-state index in [1.54, 1.807) is 0 Å². The molecule has 0 aromatic heterocycles. The van der Waals surface area contributed by atoms with Gasteiger partial charge in [-0.25, -0.2) is 9.59 Å². The first-order valence-electron chi connectivity index (χ1n) is 9.83. The number of hydrogen-bond donors (Lipinski definition) is 0. The van der Waals surface area contributed by atoms with Crippen LogP contribution in [0.1, 0.15) is 51.4 Å². The van der Waals surface area contributed by atoms with Crippen molar-refractivity contribution in [1.82, 2.24) is 19.6 Å². The summed E-state index contributed by atoms with van der Waals surface area (Å²) in [5.74, 6) is 0. The minimum atomic E-state index is 0.179. The van der Waals surface area contributed by atoms with Crippen LogP contribution >= 0.6 is 0 Å². The van der Waals surface area contributed by atoms with Gasteiger partial charge >= 0.3 is 12.1 Å². The van der Waals surface area contributed by atoms with Gasteiger partial charge in [0.25, 0.3) is 0 Å². The van der Waals surface area contributed by atoms with Gasteiger partial charge in [0.2, 0.25) is 0 Å². The average molecular weight is 336 g/mol. The lowest BCUT2D eigenvalue weighted by Crippen LogP contribution is -2.56. The zero-order chi connectivity index (χ0) is 16.8. The second-order valence-electron chi connectivity index (χ2n) is 7.34. The zero-order valence-electron chi connectivity index (χ0n) is 14.9. The molecular weight excluding hydrogens is 304 g/mol. The summed E-state index contributed by atoms with van der Waals surface area (Å²) in [6.45, 7) is 6.28. The third-order valence-electron chi connectivity index (χ3n) is 5.57. The molecule has 0 N–H and O–H groups in total. The Bertz CT molecular complexity index is 379. The number of urea groups is 2. The van der Waals surface area contributed by atoms with Crippen LogP contribution in [0.4, 0.5) is 9.59 Å². The highest BCUT2D eigenvalue weighted by atomic mass is 16.2. The van der Waals surface area contributed by atoms with E-state index in [9.17, 15) is 9.59 Å². The Hall–Kier alpha value is -1.46. The molecule has 3 fully saturated rings. The maximum absolute atomic E-state index is 12.7. The van der Waals surface area contributed by atoms with Gasteiger partial charge < -0.3 is 19.6 Å². The second kappa shape index (κ2) is 8.58. The second-order valence-corrected chi connectivity index (χ2v) is 7.34. The summed E-state index contributed by atoms with van der Waals surface area (Å²) in [7, 11) is 0. The maximum atomic E-state index is 12.7. The fourth-order valence-electron chi connectivity index (χ4n) is 4.01. The summed E-state index contributed by atoms with van der Waals surface area (Å²) in [5.41, 5.74) is 0. The molecule has 0 aliphatic carbocycles. The predicted octanol–water partition coefficient (Wildman–Crippen LogP) is 2.60. The molecule has 24 heavy (non-hydrogen) atoms. The van der Waals surface area contributed by atoms with E-state index in [0.29, 0.717) is 26.2 Å². The molecule has 6 nitrogen and oxygen atoms in total. The van der Waals surface area contributed by atoms with Crippen LogP contribution in [0.3, 0.4) is 0 Å². The summed E-state index contributed by atoms with van der Waals surface area (Å²) in [5, 5.41) is 0.